The van der Waals surface area contributed by atoms with Gasteiger partial charge in [0.25, 0.3) is 0 Å². The third kappa shape index (κ3) is 5.28. The molecule has 3 nitrogen and oxygen atoms in total. The van der Waals surface area contributed by atoms with Crippen LogP contribution in [-0.4, -0.2) is 21.9 Å². The molecule has 20 heavy (non-hydrogen) atoms. The molecule has 0 radical (unpaired) electrons. The lowest BCUT2D eigenvalue weighted by Gasteiger charge is -2.34. The maximum atomic E-state index is 4.57. The Morgan fingerprint density at radius 3 is 2.25 bits per heavy atom. The van der Waals surface area contributed by atoms with Crippen LogP contribution in [0.5, 0.6) is 0 Å². The molecule has 0 spiro atoms. The van der Waals surface area contributed by atoms with Crippen molar-refractivity contribution in [2.24, 2.45) is 11.3 Å². The average Bonchev–Trinajstić information content (AvgIpc) is 2.61. The molecule has 1 N–H and O–H groups in total. The molecule has 0 bridgehead atoms. The Morgan fingerprint density at radius 2 is 1.80 bits per heavy atom. The molecule has 0 saturated heterocycles. The minimum Gasteiger partial charge on any atom is -0.312 e. The van der Waals surface area contributed by atoms with Crippen LogP contribution in [0.15, 0.2) is 6.07 Å². The Balaban J connectivity index is 2.84. The smallest absolute Gasteiger partial charge is 0.0596 e. The highest BCUT2D eigenvalue weighted by atomic mass is 15.3. The number of hydrogen-bond donors (Lipinski definition) is 1. The van der Waals surface area contributed by atoms with Crippen molar-refractivity contribution >= 4 is 0 Å². The topological polar surface area (TPSA) is 29.9 Å². The SMILES string of the molecule is CCn1nc(C)cc1CC(CNC(C)(C)C)C(C)(C)C. The number of nitrogens with one attached hydrogen (secondary N) is 1. The zero-order chi connectivity index (χ0) is 15.6. The Bertz CT molecular complexity index is 418. The van der Waals surface area contributed by atoms with Gasteiger partial charge in [-0.3, -0.25) is 4.68 Å². The zero-order valence-electron chi connectivity index (χ0n) is 14.7. The maximum absolute atomic E-state index is 4.57. The summed E-state index contributed by atoms with van der Waals surface area (Å²) in [6, 6.07) is 2.24. The largest absolute Gasteiger partial charge is 0.312 e. The summed E-state index contributed by atoms with van der Waals surface area (Å²) in [5.74, 6) is 0.600. The molecule has 1 aromatic heterocycles. The van der Waals surface area contributed by atoms with Crippen LogP contribution in [0.4, 0.5) is 0 Å². The molecule has 1 unspecified atom stereocenters. The van der Waals surface area contributed by atoms with Crippen molar-refractivity contribution in [2.75, 3.05) is 6.54 Å². The third-order valence-electron chi connectivity index (χ3n) is 3.84. The Kier molecular flexibility index (Phi) is 5.42. The van der Waals surface area contributed by atoms with E-state index in [2.05, 4.69) is 76.6 Å². The van der Waals surface area contributed by atoms with E-state index in [1.807, 2.05) is 0 Å². The Morgan fingerprint density at radius 1 is 1.20 bits per heavy atom. The molecule has 0 amide bonds. The molecule has 1 aromatic rings. The molecule has 1 heterocycles. The van der Waals surface area contributed by atoms with Crippen LogP contribution in [0, 0.1) is 18.3 Å². The first-order valence-corrected chi connectivity index (χ1v) is 7.81. The molecule has 0 aliphatic rings. The van der Waals surface area contributed by atoms with E-state index in [9.17, 15) is 0 Å². The number of aryl methyl sites for hydroxylation is 2. The van der Waals surface area contributed by atoms with Crippen molar-refractivity contribution in [3.8, 4) is 0 Å². The Labute approximate surface area is 125 Å². The second-order valence-corrected chi connectivity index (χ2v) is 7.99. The van der Waals surface area contributed by atoms with Gasteiger partial charge in [0.05, 0.1) is 5.69 Å². The second kappa shape index (κ2) is 6.30. The number of rotatable bonds is 5. The van der Waals surface area contributed by atoms with Gasteiger partial charge in [-0.15, -0.1) is 0 Å². The molecular weight excluding hydrogens is 246 g/mol. The van der Waals surface area contributed by atoms with Gasteiger partial charge in [-0.25, -0.2) is 0 Å². The standard InChI is InChI=1S/C17H33N3/c1-9-20-15(10-13(2)19-20)11-14(16(3,4)5)12-18-17(6,7)8/h10,14,18H,9,11-12H2,1-8H3. The Hall–Kier alpha value is -0.830. The molecule has 0 aromatic carbocycles. The van der Waals surface area contributed by atoms with Crippen LogP contribution in [0.25, 0.3) is 0 Å². The fourth-order valence-electron chi connectivity index (χ4n) is 2.40. The van der Waals surface area contributed by atoms with Gasteiger partial charge in [0.1, 0.15) is 0 Å². The minimum absolute atomic E-state index is 0.171. The van der Waals surface area contributed by atoms with Crippen LogP contribution in [0.1, 0.15) is 59.9 Å². The van der Waals surface area contributed by atoms with Gasteiger partial charge < -0.3 is 5.32 Å². The lowest BCUT2D eigenvalue weighted by molar-refractivity contribution is 0.211. The van der Waals surface area contributed by atoms with Crippen LogP contribution in [-0.2, 0) is 13.0 Å². The minimum atomic E-state index is 0.171. The average molecular weight is 279 g/mol. The quantitative estimate of drug-likeness (QED) is 0.888. The van der Waals surface area contributed by atoms with Crippen molar-refractivity contribution in [3.63, 3.8) is 0 Å². The van der Waals surface area contributed by atoms with E-state index in [1.54, 1.807) is 0 Å². The van der Waals surface area contributed by atoms with Crippen molar-refractivity contribution in [2.45, 2.75) is 73.9 Å². The van der Waals surface area contributed by atoms with E-state index in [0.29, 0.717) is 5.92 Å². The van der Waals surface area contributed by atoms with Crippen molar-refractivity contribution in [1.29, 1.82) is 0 Å². The van der Waals surface area contributed by atoms with Crippen molar-refractivity contribution < 1.29 is 0 Å². The molecule has 0 saturated carbocycles. The van der Waals surface area contributed by atoms with Gasteiger partial charge in [0.2, 0.25) is 0 Å². The van der Waals surface area contributed by atoms with Gasteiger partial charge in [-0.1, -0.05) is 20.8 Å². The molecule has 0 fully saturated rings. The summed E-state index contributed by atoms with van der Waals surface area (Å²) in [6.07, 6.45) is 1.08. The van der Waals surface area contributed by atoms with Gasteiger partial charge in [-0.2, -0.15) is 5.10 Å². The van der Waals surface area contributed by atoms with E-state index in [1.165, 1.54) is 5.69 Å². The first kappa shape index (κ1) is 17.2. The summed E-state index contributed by atoms with van der Waals surface area (Å²) in [5.41, 5.74) is 2.94. The number of aromatic nitrogens is 2. The third-order valence-corrected chi connectivity index (χ3v) is 3.84. The van der Waals surface area contributed by atoms with Crippen LogP contribution in [0.3, 0.4) is 0 Å². The summed E-state index contributed by atoms with van der Waals surface area (Å²) < 4.78 is 2.14. The lowest BCUT2D eigenvalue weighted by atomic mass is 9.77. The molecule has 0 aliphatic carbocycles. The predicted molar refractivity (Wildman–Crippen MR) is 87.0 cm³/mol. The van der Waals surface area contributed by atoms with Gasteiger partial charge >= 0.3 is 0 Å². The highest BCUT2D eigenvalue weighted by Crippen LogP contribution is 2.29. The maximum Gasteiger partial charge on any atom is 0.0596 e. The van der Waals surface area contributed by atoms with Crippen molar-refractivity contribution in [1.82, 2.24) is 15.1 Å². The first-order valence-electron chi connectivity index (χ1n) is 7.81. The molecule has 1 atom stereocenters. The van der Waals surface area contributed by atoms with Crippen LogP contribution in [0.2, 0.25) is 0 Å². The zero-order valence-corrected chi connectivity index (χ0v) is 14.7. The molecule has 3 heteroatoms. The number of nitrogens with zero attached hydrogens (tertiary/aromatic N) is 2. The van der Waals surface area contributed by atoms with E-state index in [4.69, 9.17) is 0 Å². The van der Waals surface area contributed by atoms with Gasteiger partial charge in [0.15, 0.2) is 0 Å². The van der Waals surface area contributed by atoms with Gasteiger partial charge in [-0.05, 0) is 65.0 Å². The van der Waals surface area contributed by atoms with Crippen LogP contribution >= 0.6 is 0 Å². The first-order chi connectivity index (χ1) is 9.03. The van der Waals surface area contributed by atoms with E-state index >= 15 is 0 Å². The molecule has 1 rings (SSSR count). The molecule has 116 valence electrons. The highest BCUT2D eigenvalue weighted by Gasteiger charge is 2.27. The predicted octanol–water partition coefficient (Wildman–Crippen LogP) is 3.80. The summed E-state index contributed by atoms with van der Waals surface area (Å²) >= 11 is 0. The summed E-state index contributed by atoms with van der Waals surface area (Å²) in [5, 5.41) is 8.23. The van der Waals surface area contributed by atoms with Crippen molar-refractivity contribution in [3.05, 3.63) is 17.5 Å². The van der Waals surface area contributed by atoms with E-state index in [-0.39, 0.29) is 11.0 Å². The fraction of sp³-hybridized carbons (Fsp3) is 0.824. The summed E-state index contributed by atoms with van der Waals surface area (Å²) in [4.78, 5) is 0. The highest BCUT2D eigenvalue weighted by molar-refractivity contribution is 5.10. The normalized spacial score (nSPS) is 14.6. The monoisotopic (exact) mass is 279 g/mol. The van der Waals surface area contributed by atoms with Gasteiger partial charge in [0, 0.05) is 17.8 Å². The molecule has 0 aliphatic heterocycles. The van der Waals surface area contributed by atoms with E-state index < -0.39 is 0 Å². The summed E-state index contributed by atoms with van der Waals surface area (Å²) in [6.45, 7) is 19.9. The summed E-state index contributed by atoms with van der Waals surface area (Å²) in [7, 11) is 0. The second-order valence-electron chi connectivity index (χ2n) is 7.99. The van der Waals surface area contributed by atoms with E-state index in [0.717, 1.165) is 25.2 Å². The lowest BCUT2D eigenvalue weighted by Crippen LogP contribution is -2.43. The fourth-order valence-corrected chi connectivity index (χ4v) is 2.40. The molecular formula is C17H33N3. The van der Waals surface area contributed by atoms with Crippen LogP contribution < -0.4 is 5.32 Å². The number of hydrogen-bond acceptors (Lipinski definition) is 2.